The lowest BCUT2D eigenvalue weighted by Crippen LogP contribution is -2.15. The number of thiophene rings is 2. The minimum absolute atomic E-state index is 1.16. The topological polar surface area (TPSA) is 6.48 Å². The Bertz CT molecular complexity index is 4320. The molecule has 0 atom stereocenters. The molecule has 14 rings (SSSR count). The second kappa shape index (κ2) is 17.7. The van der Waals surface area contributed by atoms with E-state index in [1.807, 2.05) is 22.7 Å². The monoisotopic (exact) mass is 1010 g/mol. The molecule has 0 N–H and O–H groups in total. The molecule has 0 spiro atoms. The first-order chi connectivity index (χ1) is 37.0. The van der Waals surface area contributed by atoms with Crippen LogP contribution in [0.4, 0.5) is 34.1 Å². The number of hydrogen-bond acceptors (Lipinski definition) is 4. The second-order valence-electron chi connectivity index (χ2n) is 21.2. The average Bonchev–Trinajstić information content (AvgIpc) is 4.05. The number of anilines is 6. The summed E-state index contributed by atoms with van der Waals surface area (Å²) in [6, 6.07) is 73.3. The smallest absolute Gasteiger partial charge is 0.0540 e. The molecular weight excluding hydrogens is 957 g/mol. The Balaban J connectivity index is 0.966. The second-order valence-corrected chi connectivity index (χ2v) is 23.3. The van der Waals surface area contributed by atoms with E-state index in [1.54, 1.807) is 0 Å². The van der Waals surface area contributed by atoms with E-state index < -0.39 is 0 Å². The van der Waals surface area contributed by atoms with Crippen LogP contribution in [0.3, 0.4) is 0 Å². The number of fused-ring (bicyclic) bond motifs is 6. The van der Waals surface area contributed by atoms with E-state index >= 15 is 0 Å². The van der Waals surface area contributed by atoms with Crippen molar-refractivity contribution in [2.75, 3.05) is 9.80 Å². The SMILES string of the molecule is Cc1cc(N(c2c(C)cccc2C)c2ccc3ccc4c(N(c5cc(C)c(-c6cccc7c6sc6ccccc67)c(C)c5)c5c(C)cccc5C)ccc5ccc2c3c54)cc(C)c1-c1cccc2c1sc1ccccc12. The summed E-state index contributed by atoms with van der Waals surface area (Å²) in [6.45, 7) is 18.3. The Labute approximate surface area is 452 Å². The molecule has 4 heteroatoms. The molecule has 2 heterocycles. The zero-order chi connectivity index (χ0) is 51.7. The Morgan fingerprint density at radius 2 is 0.632 bits per heavy atom. The summed E-state index contributed by atoms with van der Waals surface area (Å²) < 4.78 is 5.35. The first kappa shape index (κ1) is 46.3. The van der Waals surface area contributed by atoms with Crippen molar-refractivity contribution in [2.45, 2.75) is 55.4 Å². The standard InChI is InChI=1S/C72H56N2S2/c1-41-17-13-18-42(2)69(41)73(51-37-45(5)65(46(6)38-51)59-25-15-23-55-53-21-9-11-27-63(53)75-71(55)59)61-35-31-49-30-34-58-62(36-32-50-29-33-57(61)67(49)68(50)58)74(70-43(3)19-14-20-44(70)4)52-39-47(7)66(48(8)40-52)60-26-16-24-56-54-22-10-12-28-64(54)76-72(56)60/h9-40H,1-8H3. The van der Waals surface area contributed by atoms with Crippen LogP contribution in [-0.4, -0.2) is 0 Å². The van der Waals surface area contributed by atoms with Gasteiger partial charge < -0.3 is 9.80 Å². The van der Waals surface area contributed by atoms with E-state index in [0.717, 1.165) is 11.4 Å². The third-order valence-electron chi connectivity index (χ3n) is 16.3. The molecule has 0 radical (unpaired) electrons. The van der Waals surface area contributed by atoms with Crippen LogP contribution < -0.4 is 9.80 Å². The lowest BCUT2D eigenvalue weighted by atomic mass is 9.90. The van der Waals surface area contributed by atoms with Gasteiger partial charge in [-0.05, 0) is 181 Å². The molecule has 0 fully saturated rings. The van der Waals surface area contributed by atoms with Crippen molar-refractivity contribution in [3.63, 3.8) is 0 Å². The zero-order valence-electron chi connectivity index (χ0n) is 44.2. The first-order valence-corrected chi connectivity index (χ1v) is 28.1. The van der Waals surface area contributed by atoms with Crippen LogP contribution in [0, 0.1) is 55.4 Å². The molecule has 0 aliphatic rings. The van der Waals surface area contributed by atoms with E-state index in [1.165, 1.54) is 162 Å². The largest absolute Gasteiger partial charge is 0.309 e. The minimum atomic E-state index is 1.16. The molecule has 0 saturated heterocycles. The van der Waals surface area contributed by atoms with Crippen LogP contribution in [0.1, 0.15) is 44.5 Å². The number of benzene rings is 12. The number of aryl methyl sites for hydroxylation is 8. The molecule has 0 saturated carbocycles. The van der Waals surface area contributed by atoms with Gasteiger partial charge in [-0.3, -0.25) is 0 Å². The lowest BCUT2D eigenvalue weighted by molar-refractivity contribution is 1.21. The molecule has 14 aromatic rings. The van der Waals surface area contributed by atoms with Crippen molar-refractivity contribution >= 4 is 129 Å². The maximum Gasteiger partial charge on any atom is 0.0540 e. The number of rotatable bonds is 8. The van der Waals surface area contributed by atoms with Gasteiger partial charge in [-0.25, -0.2) is 0 Å². The summed E-state index contributed by atoms with van der Waals surface area (Å²) >= 11 is 3.81. The van der Waals surface area contributed by atoms with E-state index in [0.29, 0.717) is 0 Å². The quantitative estimate of drug-likeness (QED) is 0.140. The van der Waals surface area contributed by atoms with Crippen LogP contribution in [0.25, 0.3) is 94.9 Å². The van der Waals surface area contributed by atoms with Gasteiger partial charge in [-0.1, -0.05) is 146 Å². The van der Waals surface area contributed by atoms with E-state index in [-0.39, 0.29) is 0 Å². The fraction of sp³-hybridized carbons (Fsp3) is 0.111. The zero-order valence-corrected chi connectivity index (χ0v) is 45.8. The highest BCUT2D eigenvalue weighted by Gasteiger charge is 2.27. The van der Waals surface area contributed by atoms with Gasteiger partial charge in [0.15, 0.2) is 0 Å². The highest BCUT2D eigenvalue weighted by molar-refractivity contribution is 7.26. The molecular formula is C72H56N2S2. The summed E-state index contributed by atoms with van der Waals surface area (Å²) in [7, 11) is 0. The van der Waals surface area contributed by atoms with Crippen molar-refractivity contribution in [3.05, 3.63) is 239 Å². The Morgan fingerprint density at radius 1 is 0.289 bits per heavy atom. The van der Waals surface area contributed by atoms with Crippen molar-refractivity contribution in [1.29, 1.82) is 0 Å². The van der Waals surface area contributed by atoms with E-state index in [4.69, 9.17) is 0 Å². The van der Waals surface area contributed by atoms with Crippen molar-refractivity contribution in [2.24, 2.45) is 0 Å². The van der Waals surface area contributed by atoms with Crippen molar-refractivity contribution in [3.8, 4) is 22.3 Å². The summed E-state index contributed by atoms with van der Waals surface area (Å²) in [6.07, 6.45) is 0. The maximum absolute atomic E-state index is 2.55. The maximum atomic E-state index is 2.55. The highest BCUT2D eigenvalue weighted by Crippen LogP contribution is 2.52. The summed E-state index contributed by atoms with van der Waals surface area (Å²) in [5, 5.41) is 12.8. The van der Waals surface area contributed by atoms with Gasteiger partial charge in [0, 0.05) is 73.6 Å². The van der Waals surface area contributed by atoms with Crippen molar-refractivity contribution in [1.82, 2.24) is 0 Å². The van der Waals surface area contributed by atoms with Crippen molar-refractivity contribution < 1.29 is 0 Å². The van der Waals surface area contributed by atoms with Gasteiger partial charge in [0.25, 0.3) is 0 Å². The molecule has 0 bridgehead atoms. The lowest BCUT2D eigenvalue weighted by Gasteiger charge is -2.32. The Kier molecular flexibility index (Phi) is 10.8. The van der Waals surface area contributed by atoms with Gasteiger partial charge in [-0.2, -0.15) is 0 Å². The molecule has 76 heavy (non-hydrogen) atoms. The first-order valence-electron chi connectivity index (χ1n) is 26.5. The molecule has 366 valence electrons. The van der Waals surface area contributed by atoms with Gasteiger partial charge in [0.05, 0.1) is 22.7 Å². The molecule has 12 aromatic carbocycles. The third-order valence-corrected chi connectivity index (χ3v) is 18.8. The minimum Gasteiger partial charge on any atom is -0.309 e. The molecule has 0 aliphatic carbocycles. The van der Waals surface area contributed by atoms with Crippen LogP contribution in [-0.2, 0) is 0 Å². The normalized spacial score (nSPS) is 11.9. The Hall–Kier alpha value is -8.28. The van der Waals surface area contributed by atoms with Crippen LogP contribution >= 0.6 is 22.7 Å². The summed E-state index contributed by atoms with van der Waals surface area (Å²) in [4.78, 5) is 5.10. The average molecular weight is 1010 g/mol. The highest BCUT2D eigenvalue weighted by atomic mass is 32.1. The fourth-order valence-electron chi connectivity index (χ4n) is 13.1. The third kappa shape index (κ3) is 7.04. The number of nitrogens with zero attached hydrogens (tertiary/aromatic N) is 2. The number of para-hydroxylation sites is 2. The number of hydrogen-bond donors (Lipinski definition) is 0. The van der Waals surface area contributed by atoms with E-state index in [2.05, 4.69) is 259 Å². The summed E-state index contributed by atoms with van der Waals surface area (Å²) in [5.74, 6) is 0. The molecule has 0 amide bonds. The van der Waals surface area contributed by atoms with Gasteiger partial charge >= 0.3 is 0 Å². The predicted molar refractivity (Wildman–Crippen MR) is 334 cm³/mol. The fourth-order valence-corrected chi connectivity index (χ4v) is 15.6. The van der Waals surface area contributed by atoms with Gasteiger partial charge in [-0.15, -0.1) is 22.7 Å². The Morgan fingerprint density at radius 3 is 1.03 bits per heavy atom. The van der Waals surface area contributed by atoms with Gasteiger partial charge in [0.1, 0.15) is 0 Å². The predicted octanol–water partition coefficient (Wildman–Crippen LogP) is 22.1. The van der Waals surface area contributed by atoms with Gasteiger partial charge in [0.2, 0.25) is 0 Å². The molecule has 2 aromatic heterocycles. The summed E-state index contributed by atoms with van der Waals surface area (Å²) in [5.41, 5.74) is 22.4. The van der Waals surface area contributed by atoms with Crippen LogP contribution in [0.5, 0.6) is 0 Å². The molecule has 0 aliphatic heterocycles. The molecule has 2 nitrogen and oxygen atoms in total. The van der Waals surface area contributed by atoms with Crippen LogP contribution in [0.2, 0.25) is 0 Å². The molecule has 0 unspecified atom stereocenters. The van der Waals surface area contributed by atoms with E-state index in [9.17, 15) is 0 Å². The van der Waals surface area contributed by atoms with Crippen LogP contribution in [0.15, 0.2) is 194 Å².